The molecule has 1 unspecified atom stereocenters. The molecule has 1 aromatic rings. The fourth-order valence-electron chi connectivity index (χ4n) is 2.26. The minimum Gasteiger partial charge on any atom is -0.486 e. The topological polar surface area (TPSA) is 61.8 Å². The number of hydrogen-bond donors (Lipinski definition) is 0. The Bertz CT molecular complexity index is 760. The van der Waals surface area contributed by atoms with E-state index in [2.05, 4.69) is 0 Å². The maximum atomic E-state index is 13.3. The van der Waals surface area contributed by atoms with E-state index in [0.717, 1.165) is 6.08 Å². The van der Waals surface area contributed by atoms with Crippen molar-refractivity contribution in [1.29, 1.82) is 0 Å². The summed E-state index contributed by atoms with van der Waals surface area (Å²) in [6.45, 7) is 6.52. The van der Waals surface area contributed by atoms with Crippen LogP contribution in [-0.2, 0) is 14.3 Å². The van der Waals surface area contributed by atoms with Gasteiger partial charge in [-0.1, -0.05) is 20.8 Å². The van der Waals surface area contributed by atoms with Crippen molar-refractivity contribution in [3.63, 3.8) is 0 Å². The van der Waals surface area contributed by atoms with Gasteiger partial charge >= 0.3 is 12.1 Å². The average molecular weight is 386 g/mol. The molecule has 27 heavy (non-hydrogen) atoms. The maximum Gasteiger partial charge on any atom is 0.430 e. The van der Waals surface area contributed by atoms with E-state index >= 15 is 0 Å². The van der Waals surface area contributed by atoms with Crippen LogP contribution in [0.25, 0.3) is 6.08 Å². The second-order valence-electron chi connectivity index (χ2n) is 7.02. The zero-order valence-corrected chi connectivity index (χ0v) is 15.5. The minimum atomic E-state index is -4.77. The molecule has 0 fully saturated rings. The van der Waals surface area contributed by atoms with E-state index in [9.17, 15) is 22.8 Å². The molecule has 1 aromatic carbocycles. The molecule has 5 nitrogen and oxygen atoms in total. The summed E-state index contributed by atoms with van der Waals surface area (Å²) < 4.78 is 54.9. The van der Waals surface area contributed by atoms with Crippen molar-refractivity contribution >= 4 is 17.8 Å². The smallest absolute Gasteiger partial charge is 0.430 e. The highest BCUT2D eigenvalue weighted by Crippen LogP contribution is 2.39. The number of Topliss-reactive ketones (excluding diaryl/α,β-unsaturated/α-hetero) is 1. The SMILES string of the molecule is CCOC(=O)C1=Cc2cc(OCC(=O)C(C)(C)C)ccc2OC1C(F)(F)F. The molecular weight excluding hydrogens is 365 g/mol. The van der Waals surface area contributed by atoms with Crippen LogP contribution < -0.4 is 9.47 Å². The highest BCUT2D eigenvalue weighted by atomic mass is 19.4. The zero-order valence-electron chi connectivity index (χ0n) is 15.5. The summed E-state index contributed by atoms with van der Waals surface area (Å²) in [6.07, 6.45) is -6.10. The summed E-state index contributed by atoms with van der Waals surface area (Å²) >= 11 is 0. The van der Waals surface area contributed by atoms with Crippen LogP contribution in [0.5, 0.6) is 11.5 Å². The monoisotopic (exact) mass is 386 g/mol. The summed E-state index contributed by atoms with van der Waals surface area (Å²) in [5, 5.41) is 0. The van der Waals surface area contributed by atoms with Gasteiger partial charge in [-0.05, 0) is 31.2 Å². The molecule has 0 bridgehead atoms. The molecule has 1 heterocycles. The number of benzene rings is 1. The van der Waals surface area contributed by atoms with Crippen LogP contribution >= 0.6 is 0 Å². The molecule has 0 saturated heterocycles. The van der Waals surface area contributed by atoms with Crippen molar-refractivity contribution in [1.82, 2.24) is 0 Å². The molecule has 1 atom stereocenters. The lowest BCUT2D eigenvalue weighted by Gasteiger charge is -2.28. The number of carbonyl (C=O) groups excluding carboxylic acids is 2. The van der Waals surface area contributed by atoms with Gasteiger partial charge in [-0.3, -0.25) is 4.79 Å². The number of ether oxygens (including phenoxy) is 3. The van der Waals surface area contributed by atoms with Gasteiger partial charge in [-0.15, -0.1) is 0 Å². The van der Waals surface area contributed by atoms with Crippen LogP contribution in [-0.4, -0.2) is 37.2 Å². The average Bonchev–Trinajstić information content (AvgIpc) is 2.56. The Labute approximate surface area is 155 Å². The molecule has 0 spiro atoms. The van der Waals surface area contributed by atoms with Crippen LogP contribution in [0.4, 0.5) is 13.2 Å². The molecule has 148 valence electrons. The van der Waals surface area contributed by atoms with Crippen LogP contribution in [0.15, 0.2) is 23.8 Å². The molecule has 8 heteroatoms. The highest BCUT2D eigenvalue weighted by Gasteiger charge is 2.48. The summed E-state index contributed by atoms with van der Waals surface area (Å²) in [5.74, 6) is -0.990. The Morgan fingerprint density at radius 3 is 2.41 bits per heavy atom. The third kappa shape index (κ3) is 5.02. The number of ketones is 1. The first kappa shape index (κ1) is 20.8. The fraction of sp³-hybridized carbons (Fsp3) is 0.474. The summed E-state index contributed by atoms with van der Waals surface area (Å²) in [5.41, 5.74) is -0.979. The first-order chi connectivity index (χ1) is 12.4. The van der Waals surface area contributed by atoms with E-state index in [1.165, 1.54) is 25.1 Å². The van der Waals surface area contributed by atoms with E-state index < -0.39 is 29.2 Å². The Morgan fingerprint density at radius 2 is 1.85 bits per heavy atom. The summed E-state index contributed by atoms with van der Waals surface area (Å²) in [4.78, 5) is 23.9. The molecule has 0 amide bonds. The first-order valence-electron chi connectivity index (χ1n) is 8.35. The lowest BCUT2D eigenvalue weighted by molar-refractivity contribution is -0.187. The van der Waals surface area contributed by atoms with Gasteiger partial charge in [-0.2, -0.15) is 13.2 Å². The van der Waals surface area contributed by atoms with E-state index in [4.69, 9.17) is 14.2 Å². The Morgan fingerprint density at radius 1 is 1.19 bits per heavy atom. The Hall–Kier alpha value is -2.51. The normalized spacial score (nSPS) is 16.7. The number of fused-ring (bicyclic) bond motifs is 1. The van der Waals surface area contributed by atoms with E-state index in [0.29, 0.717) is 0 Å². The largest absolute Gasteiger partial charge is 0.486 e. The van der Waals surface area contributed by atoms with Gasteiger partial charge in [-0.25, -0.2) is 4.79 Å². The van der Waals surface area contributed by atoms with Crippen molar-refractivity contribution in [3.05, 3.63) is 29.3 Å². The fourth-order valence-corrected chi connectivity index (χ4v) is 2.26. The van der Waals surface area contributed by atoms with Crippen molar-refractivity contribution in [2.24, 2.45) is 5.41 Å². The number of esters is 1. The lowest BCUT2D eigenvalue weighted by atomic mass is 9.91. The van der Waals surface area contributed by atoms with Crippen molar-refractivity contribution in [3.8, 4) is 11.5 Å². The van der Waals surface area contributed by atoms with Crippen molar-refractivity contribution < 1.29 is 37.0 Å². The van der Waals surface area contributed by atoms with Gasteiger partial charge in [0, 0.05) is 11.0 Å². The number of rotatable bonds is 5. The molecule has 0 radical (unpaired) electrons. The molecule has 1 aliphatic heterocycles. The minimum absolute atomic E-state index is 0.0418. The molecule has 2 rings (SSSR count). The lowest BCUT2D eigenvalue weighted by Crippen LogP contribution is -2.40. The third-order valence-corrected chi connectivity index (χ3v) is 3.83. The van der Waals surface area contributed by atoms with Gasteiger partial charge in [0.15, 0.2) is 5.78 Å². The quantitative estimate of drug-likeness (QED) is 0.717. The predicted molar refractivity (Wildman–Crippen MR) is 91.5 cm³/mol. The third-order valence-electron chi connectivity index (χ3n) is 3.83. The van der Waals surface area contributed by atoms with Gasteiger partial charge in [0.2, 0.25) is 6.10 Å². The van der Waals surface area contributed by atoms with E-state index in [-0.39, 0.29) is 36.1 Å². The van der Waals surface area contributed by atoms with Gasteiger partial charge < -0.3 is 14.2 Å². The van der Waals surface area contributed by atoms with E-state index in [1.807, 2.05) is 0 Å². The van der Waals surface area contributed by atoms with Gasteiger partial charge in [0.1, 0.15) is 18.1 Å². The van der Waals surface area contributed by atoms with Crippen LogP contribution in [0.1, 0.15) is 33.3 Å². The zero-order chi connectivity index (χ0) is 20.4. The van der Waals surface area contributed by atoms with Crippen LogP contribution in [0.2, 0.25) is 0 Å². The van der Waals surface area contributed by atoms with Crippen molar-refractivity contribution in [2.75, 3.05) is 13.2 Å². The van der Waals surface area contributed by atoms with Crippen LogP contribution in [0.3, 0.4) is 0 Å². The molecule has 0 aliphatic carbocycles. The molecule has 0 N–H and O–H groups in total. The molecule has 0 aromatic heterocycles. The number of carbonyl (C=O) groups is 2. The second kappa shape index (κ2) is 7.62. The molecule has 1 aliphatic rings. The predicted octanol–water partition coefficient (Wildman–Crippen LogP) is 3.95. The second-order valence-corrected chi connectivity index (χ2v) is 7.02. The number of alkyl halides is 3. The highest BCUT2D eigenvalue weighted by molar-refractivity contribution is 5.96. The summed E-state index contributed by atoms with van der Waals surface area (Å²) in [7, 11) is 0. The number of halogens is 3. The van der Waals surface area contributed by atoms with Gasteiger partial charge in [0.05, 0.1) is 12.2 Å². The summed E-state index contributed by atoms with van der Waals surface area (Å²) in [6, 6.07) is 4.13. The maximum absolute atomic E-state index is 13.3. The molecular formula is C19H21F3O5. The molecule has 0 saturated carbocycles. The Balaban J connectivity index is 2.30. The van der Waals surface area contributed by atoms with Gasteiger partial charge in [0.25, 0.3) is 0 Å². The van der Waals surface area contributed by atoms with E-state index in [1.54, 1.807) is 20.8 Å². The number of hydrogen-bond acceptors (Lipinski definition) is 5. The standard InChI is InChI=1S/C19H21F3O5/c1-5-25-17(24)13-9-11-8-12(26-10-15(23)18(2,3)4)6-7-14(11)27-16(13)19(20,21)22/h6-9,16H,5,10H2,1-4H3. The first-order valence-corrected chi connectivity index (χ1v) is 8.35. The van der Waals surface area contributed by atoms with Crippen LogP contribution in [0, 0.1) is 5.41 Å². The Kier molecular flexibility index (Phi) is 5.87. The van der Waals surface area contributed by atoms with Crippen molar-refractivity contribution in [2.45, 2.75) is 40.0 Å².